The van der Waals surface area contributed by atoms with Crippen LogP contribution in [0.3, 0.4) is 0 Å². The van der Waals surface area contributed by atoms with Crippen LogP contribution >= 0.6 is 0 Å². The number of nitrogens with one attached hydrogen (secondary N) is 1. The van der Waals surface area contributed by atoms with E-state index in [1.165, 1.54) is 4.90 Å². The molecule has 5 heteroatoms. The summed E-state index contributed by atoms with van der Waals surface area (Å²) < 4.78 is 0. The van der Waals surface area contributed by atoms with Crippen LogP contribution in [0.2, 0.25) is 0 Å². The Balaban J connectivity index is 1.58. The van der Waals surface area contributed by atoms with Crippen molar-refractivity contribution in [3.63, 3.8) is 0 Å². The van der Waals surface area contributed by atoms with E-state index in [0.29, 0.717) is 5.69 Å². The second kappa shape index (κ2) is 9.03. The zero-order valence-corrected chi connectivity index (χ0v) is 19.3. The zero-order chi connectivity index (χ0) is 24.4. The maximum Gasteiger partial charge on any atom is 0.257 e. The maximum absolute atomic E-state index is 14.2. The zero-order valence-electron chi connectivity index (χ0n) is 19.3. The first-order valence-electron chi connectivity index (χ1n) is 11.5. The Morgan fingerprint density at radius 1 is 0.743 bits per heavy atom. The summed E-state index contributed by atoms with van der Waals surface area (Å²) in [5.41, 5.74) is 2.57. The minimum atomic E-state index is -1.17. The molecule has 35 heavy (non-hydrogen) atoms. The smallest absolute Gasteiger partial charge is 0.257 e. The lowest BCUT2D eigenvalue weighted by Crippen LogP contribution is -2.40. The summed E-state index contributed by atoms with van der Waals surface area (Å²) in [4.78, 5) is 42.1. The molecule has 0 aliphatic carbocycles. The van der Waals surface area contributed by atoms with E-state index in [2.05, 4.69) is 5.32 Å². The van der Waals surface area contributed by atoms with Crippen LogP contribution in [0.15, 0.2) is 109 Å². The van der Waals surface area contributed by atoms with Gasteiger partial charge in [-0.1, -0.05) is 90.5 Å². The molecule has 1 fully saturated rings. The number of carbonyl (C=O) groups excluding carboxylic acids is 3. The first kappa shape index (κ1) is 22.3. The largest absolute Gasteiger partial charge is 0.322 e. The first-order valence-corrected chi connectivity index (χ1v) is 11.5. The third-order valence-electron chi connectivity index (χ3n) is 6.47. The van der Waals surface area contributed by atoms with Crippen molar-refractivity contribution in [2.45, 2.75) is 18.8 Å². The Labute approximate surface area is 204 Å². The maximum atomic E-state index is 14.2. The van der Waals surface area contributed by atoms with Crippen molar-refractivity contribution in [1.29, 1.82) is 0 Å². The first-order chi connectivity index (χ1) is 17.0. The van der Waals surface area contributed by atoms with Crippen molar-refractivity contribution in [3.05, 3.63) is 131 Å². The van der Waals surface area contributed by atoms with Gasteiger partial charge in [-0.05, 0) is 42.3 Å². The standard InChI is InChI=1S/C30H24N2O3/c1-21-16-18-24(19-17-21)31-28(34)25-14-8-9-15-26(25)32-27(33)20-30(29(32)35,22-10-4-2-5-11-22)23-12-6-3-7-13-23/h2-19H,20H2,1H3,(H,31,34). The molecule has 1 saturated heterocycles. The molecule has 4 aromatic rings. The fraction of sp³-hybridized carbons (Fsp3) is 0.100. The number of anilines is 2. The van der Waals surface area contributed by atoms with Gasteiger partial charge in [0.05, 0.1) is 17.7 Å². The molecule has 1 N–H and O–H groups in total. The lowest BCUT2D eigenvalue weighted by Gasteiger charge is -2.28. The van der Waals surface area contributed by atoms with Crippen LogP contribution in [-0.2, 0) is 15.0 Å². The normalized spacial score (nSPS) is 14.7. The highest BCUT2D eigenvalue weighted by Gasteiger charge is 2.54. The van der Waals surface area contributed by atoms with Crippen molar-refractivity contribution in [1.82, 2.24) is 0 Å². The van der Waals surface area contributed by atoms with Gasteiger partial charge in [0, 0.05) is 5.69 Å². The molecule has 0 unspecified atom stereocenters. The van der Waals surface area contributed by atoms with Crippen molar-refractivity contribution in [3.8, 4) is 0 Å². The van der Waals surface area contributed by atoms with E-state index >= 15 is 0 Å². The van der Waals surface area contributed by atoms with Gasteiger partial charge in [0.25, 0.3) is 5.91 Å². The summed E-state index contributed by atoms with van der Waals surface area (Å²) in [6.07, 6.45) is -0.0201. The molecule has 0 aromatic heterocycles. The predicted octanol–water partition coefficient (Wildman–Crippen LogP) is 5.50. The minimum absolute atomic E-state index is 0.0201. The van der Waals surface area contributed by atoms with Gasteiger partial charge < -0.3 is 5.32 Å². The Morgan fingerprint density at radius 2 is 1.29 bits per heavy atom. The van der Waals surface area contributed by atoms with E-state index in [9.17, 15) is 14.4 Å². The van der Waals surface area contributed by atoms with Gasteiger partial charge >= 0.3 is 0 Å². The molecule has 1 heterocycles. The SMILES string of the molecule is Cc1ccc(NC(=O)c2ccccc2N2C(=O)CC(c3ccccc3)(c3ccccc3)C2=O)cc1. The Morgan fingerprint density at radius 3 is 1.89 bits per heavy atom. The average molecular weight is 461 g/mol. The summed E-state index contributed by atoms with van der Waals surface area (Å²) in [6, 6.07) is 32.9. The minimum Gasteiger partial charge on any atom is -0.322 e. The summed E-state index contributed by atoms with van der Waals surface area (Å²) in [5.74, 6) is -1.10. The molecule has 0 saturated carbocycles. The molecule has 1 aliphatic rings. The van der Waals surface area contributed by atoms with Crippen molar-refractivity contribution in [2.75, 3.05) is 10.2 Å². The third-order valence-corrected chi connectivity index (χ3v) is 6.47. The molecule has 0 radical (unpaired) electrons. The second-order valence-corrected chi connectivity index (χ2v) is 8.69. The highest BCUT2D eigenvalue weighted by Crippen LogP contribution is 2.44. The summed E-state index contributed by atoms with van der Waals surface area (Å²) in [7, 11) is 0. The number of hydrogen-bond acceptors (Lipinski definition) is 3. The van der Waals surface area contributed by atoms with Crippen LogP contribution in [0.25, 0.3) is 0 Å². The van der Waals surface area contributed by atoms with Gasteiger partial charge in [-0.25, -0.2) is 4.90 Å². The van der Waals surface area contributed by atoms with Crippen molar-refractivity contribution in [2.24, 2.45) is 0 Å². The fourth-order valence-electron chi connectivity index (χ4n) is 4.69. The molecule has 172 valence electrons. The molecular formula is C30H24N2O3. The summed E-state index contributed by atoms with van der Waals surface area (Å²) >= 11 is 0. The quantitative estimate of drug-likeness (QED) is 0.400. The average Bonchev–Trinajstić information content (AvgIpc) is 3.17. The molecule has 5 nitrogen and oxygen atoms in total. The number of aryl methyl sites for hydroxylation is 1. The van der Waals surface area contributed by atoms with Gasteiger partial charge in [-0.3, -0.25) is 14.4 Å². The van der Waals surface area contributed by atoms with E-state index < -0.39 is 5.41 Å². The highest BCUT2D eigenvalue weighted by atomic mass is 16.2. The highest BCUT2D eigenvalue weighted by molar-refractivity contribution is 6.28. The molecule has 5 rings (SSSR count). The number of nitrogens with zero attached hydrogens (tertiary/aromatic N) is 1. The van der Waals surface area contributed by atoms with E-state index in [1.54, 1.807) is 24.3 Å². The number of rotatable bonds is 5. The number of benzene rings is 4. The third kappa shape index (κ3) is 3.91. The molecular weight excluding hydrogens is 436 g/mol. The summed E-state index contributed by atoms with van der Waals surface area (Å²) in [6.45, 7) is 1.97. The van der Waals surface area contributed by atoms with Crippen LogP contribution in [0.1, 0.15) is 33.5 Å². The number of imide groups is 1. The van der Waals surface area contributed by atoms with Crippen molar-refractivity contribution < 1.29 is 14.4 Å². The van der Waals surface area contributed by atoms with E-state index in [1.807, 2.05) is 91.9 Å². The second-order valence-electron chi connectivity index (χ2n) is 8.69. The lowest BCUT2D eigenvalue weighted by atomic mass is 9.73. The van der Waals surface area contributed by atoms with Crippen LogP contribution in [-0.4, -0.2) is 17.7 Å². The monoisotopic (exact) mass is 460 g/mol. The number of amides is 3. The van der Waals surface area contributed by atoms with Gasteiger partial charge in [-0.15, -0.1) is 0 Å². The number of para-hydroxylation sites is 1. The van der Waals surface area contributed by atoms with Crippen LogP contribution in [0.4, 0.5) is 11.4 Å². The van der Waals surface area contributed by atoms with Crippen molar-refractivity contribution >= 4 is 29.1 Å². The van der Waals surface area contributed by atoms with E-state index in [0.717, 1.165) is 16.7 Å². The van der Waals surface area contributed by atoms with Gasteiger partial charge in [0.15, 0.2) is 0 Å². The molecule has 0 bridgehead atoms. The van der Waals surface area contributed by atoms with Gasteiger partial charge in [0.2, 0.25) is 11.8 Å². The molecule has 0 atom stereocenters. The van der Waals surface area contributed by atoms with Gasteiger partial charge in [0.1, 0.15) is 5.41 Å². The Hall–Kier alpha value is -4.51. The molecule has 0 spiro atoms. The molecule has 4 aromatic carbocycles. The lowest BCUT2D eigenvalue weighted by molar-refractivity contribution is -0.122. The number of hydrogen-bond donors (Lipinski definition) is 1. The van der Waals surface area contributed by atoms with E-state index in [-0.39, 0.29) is 35.4 Å². The topological polar surface area (TPSA) is 66.5 Å². The number of carbonyl (C=O) groups is 3. The molecule has 1 aliphatic heterocycles. The van der Waals surface area contributed by atoms with Gasteiger partial charge in [-0.2, -0.15) is 0 Å². The van der Waals surface area contributed by atoms with E-state index in [4.69, 9.17) is 0 Å². The predicted molar refractivity (Wildman–Crippen MR) is 136 cm³/mol. The Bertz CT molecular complexity index is 1360. The van der Waals surface area contributed by atoms with Crippen LogP contribution in [0.5, 0.6) is 0 Å². The van der Waals surface area contributed by atoms with Crippen LogP contribution < -0.4 is 10.2 Å². The summed E-state index contributed by atoms with van der Waals surface area (Å²) in [5, 5.41) is 2.87. The molecule has 3 amide bonds. The fourth-order valence-corrected chi connectivity index (χ4v) is 4.69. The Kier molecular flexibility index (Phi) is 5.75. The van der Waals surface area contributed by atoms with Crippen LogP contribution in [0, 0.1) is 6.92 Å².